The number of amides is 1. The van der Waals surface area contributed by atoms with E-state index in [1.807, 2.05) is 13.0 Å². The maximum atomic E-state index is 12.6. The van der Waals surface area contributed by atoms with Crippen LogP contribution in [0.25, 0.3) is 5.69 Å². The van der Waals surface area contributed by atoms with Crippen LogP contribution in [-0.2, 0) is 4.79 Å². The Morgan fingerprint density at radius 2 is 2.04 bits per heavy atom. The molecule has 8 heteroatoms. The Bertz CT molecular complexity index is 815. The molecule has 3 rings (SSSR count). The van der Waals surface area contributed by atoms with E-state index in [9.17, 15) is 14.7 Å². The van der Waals surface area contributed by atoms with Gasteiger partial charge in [0.2, 0.25) is 0 Å². The molecule has 1 saturated heterocycles. The number of nitrogens with one attached hydrogen (secondary N) is 1. The van der Waals surface area contributed by atoms with E-state index in [1.165, 1.54) is 0 Å². The molecule has 0 atom stereocenters. The minimum atomic E-state index is -1.21. The molecule has 1 amide bonds. The van der Waals surface area contributed by atoms with Gasteiger partial charge in [-0.1, -0.05) is 17.7 Å². The lowest BCUT2D eigenvalue weighted by Gasteiger charge is -2.33. The summed E-state index contributed by atoms with van der Waals surface area (Å²) in [7, 11) is 0. The van der Waals surface area contributed by atoms with Gasteiger partial charge in [-0.05, 0) is 55.5 Å². The summed E-state index contributed by atoms with van der Waals surface area (Å²) in [5.74, 6) is -0.0455. The number of carboxylic acid groups (broad SMARTS) is 1. The van der Waals surface area contributed by atoms with Crippen molar-refractivity contribution in [2.24, 2.45) is 0 Å². The zero-order valence-corrected chi connectivity index (χ0v) is 15.2. The van der Waals surface area contributed by atoms with Gasteiger partial charge in [0.15, 0.2) is 5.69 Å². The molecule has 6 nitrogen and oxygen atoms in total. The summed E-state index contributed by atoms with van der Waals surface area (Å²) in [5.41, 5.74) is 0.481. The first-order chi connectivity index (χ1) is 11.9. The fraction of sp³-hybridized carbons (Fsp3) is 0.353. The first kappa shape index (κ1) is 17.8. The van der Waals surface area contributed by atoms with Gasteiger partial charge in [0.05, 0.1) is 5.69 Å². The maximum absolute atomic E-state index is 12.6. The summed E-state index contributed by atoms with van der Waals surface area (Å²) in [6.45, 7) is 1.83. The minimum absolute atomic E-state index is 0.191. The zero-order valence-electron chi connectivity index (χ0n) is 13.7. The molecular formula is C17H18ClN3O3S. The molecule has 0 aliphatic carbocycles. The van der Waals surface area contributed by atoms with Crippen molar-refractivity contribution in [3.63, 3.8) is 0 Å². The lowest BCUT2D eigenvalue weighted by molar-refractivity contribution is -0.144. The number of aliphatic carboxylic acids is 1. The number of carbonyl (C=O) groups is 2. The quantitative estimate of drug-likeness (QED) is 0.853. The highest BCUT2D eigenvalue weighted by molar-refractivity contribution is 7.99. The van der Waals surface area contributed by atoms with E-state index in [-0.39, 0.29) is 5.69 Å². The van der Waals surface area contributed by atoms with Crippen LogP contribution in [0, 0.1) is 6.92 Å². The largest absolute Gasteiger partial charge is 0.480 e. The van der Waals surface area contributed by atoms with Crippen molar-refractivity contribution >= 4 is 35.2 Å². The van der Waals surface area contributed by atoms with Crippen LogP contribution in [0.1, 0.15) is 29.0 Å². The molecule has 0 unspecified atom stereocenters. The number of benzene rings is 1. The Labute approximate surface area is 154 Å². The Morgan fingerprint density at radius 1 is 1.32 bits per heavy atom. The average molecular weight is 380 g/mol. The van der Waals surface area contributed by atoms with Crippen LogP contribution in [0.3, 0.4) is 0 Å². The average Bonchev–Trinajstić information content (AvgIpc) is 2.97. The molecule has 0 saturated carbocycles. The summed E-state index contributed by atoms with van der Waals surface area (Å²) in [5, 5.41) is 17.2. The molecule has 1 aromatic heterocycles. The molecule has 2 aromatic rings. The van der Waals surface area contributed by atoms with E-state index < -0.39 is 17.4 Å². The molecule has 0 spiro atoms. The number of thioether (sulfide) groups is 1. The van der Waals surface area contributed by atoms with E-state index in [1.54, 1.807) is 40.7 Å². The second-order valence-electron chi connectivity index (χ2n) is 6.02. The molecule has 1 aromatic carbocycles. The second kappa shape index (κ2) is 7.09. The summed E-state index contributed by atoms with van der Waals surface area (Å²) in [6.07, 6.45) is 0.819. The monoisotopic (exact) mass is 379 g/mol. The smallest absolute Gasteiger partial charge is 0.329 e. The Kier molecular flexibility index (Phi) is 5.06. The highest BCUT2D eigenvalue weighted by atomic mass is 35.5. The van der Waals surface area contributed by atoms with E-state index in [0.29, 0.717) is 29.4 Å². The Balaban J connectivity index is 1.86. The third-order valence-corrected chi connectivity index (χ3v) is 5.50. The van der Waals surface area contributed by atoms with Gasteiger partial charge in [0, 0.05) is 10.7 Å². The molecule has 0 radical (unpaired) electrons. The third kappa shape index (κ3) is 3.67. The van der Waals surface area contributed by atoms with Crippen LogP contribution in [0.2, 0.25) is 5.02 Å². The minimum Gasteiger partial charge on any atom is -0.480 e. The topological polar surface area (TPSA) is 84.2 Å². The van der Waals surface area contributed by atoms with Crippen molar-refractivity contribution in [2.45, 2.75) is 25.3 Å². The molecule has 1 aliphatic rings. The molecule has 1 fully saturated rings. The molecule has 1 aliphatic heterocycles. The van der Waals surface area contributed by atoms with E-state index in [2.05, 4.69) is 10.4 Å². The summed E-state index contributed by atoms with van der Waals surface area (Å²) < 4.78 is 1.62. The molecule has 25 heavy (non-hydrogen) atoms. The van der Waals surface area contributed by atoms with Crippen LogP contribution in [0.15, 0.2) is 30.3 Å². The van der Waals surface area contributed by atoms with Gasteiger partial charge in [-0.15, -0.1) is 0 Å². The van der Waals surface area contributed by atoms with E-state index in [4.69, 9.17) is 11.6 Å². The molecule has 132 valence electrons. The fourth-order valence-corrected chi connectivity index (χ4v) is 4.22. The number of aromatic nitrogens is 2. The number of halogens is 1. The number of hydrogen-bond donors (Lipinski definition) is 2. The number of nitrogens with zero attached hydrogens (tertiary/aromatic N) is 2. The highest BCUT2D eigenvalue weighted by Gasteiger charge is 2.41. The molecule has 0 bridgehead atoms. The van der Waals surface area contributed by atoms with Gasteiger partial charge in [-0.3, -0.25) is 4.79 Å². The van der Waals surface area contributed by atoms with Crippen LogP contribution in [0.5, 0.6) is 0 Å². The summed E-state index contributed by atoms with van der Waals surface area (Å²) in [4.78, 5) is 24.3. The Morgan fingerprint density at radius 3 is 2.68 bits per heavy atom. The van der Waals surface area contributed by atoms with Crippen molar-refractivity contribution in [2.75, 3.05) is 11.5 Å². The van der Waals surface area contributed by atoms with Crippen LogP contribution < -0.4 is 5.32 Å². The van der Waals surface area contributed by atoms with Gasteiger partial charge >= 0.3 is 5.97 Å². The van der Waals surface area contributed by atoms with Gasteiger partial charge < -0.3 is 10.4 Å². The van der Waals surface area contributed by atoms with Crippen molar-refractivity contribution in [3.8, 4) is 5.69 Å². The number of hydrogen-bond acceptors (Lipinski definition) is 4. The number of carboxylic acids is 1. The fourth-order valence-electron chi connectivity index (χ4n) is 2.85. The van der Waals surface area contributed by atoms with Crippen molar-refractivity contribution in [3.05, 3.63) is 46.7 Å². The number of carbonyl (C=O) groups excluding carboxylic acids is 1. The summed E-state index contributed by atoms with van der Waals surface area (Å²) in [6, 6.07) is 8.79. The third-order valence-electron chi connectivity index (χ3n) is 4.28. The molecular weight excluding hydrogens is 362 g/mol. The van der Waals surface area contributed by atoms with Crippen molar-refractivity contribution < 1.29 is 14.7 Å². The zero-order chi connectivity index (χ0) is 18.0. The normalized spacial score (nSPS) is 16.4. The lowest BCUT2D eigenvalue weighted by atomic mass is 9.92. The van der Waals surface area contributed by atoms with Gasteiger partial charge in [0.25, 0.3) is 5.91 Å². The predicted molar refractivity (Wildman–Crippen MR) is 97.7 cm³/mol. The second-order valence-corrected chi connectivity index (χ2v) is 7.68. The summed E-state index contributed by atoms with van der Waals surface area (Å²) >= 11 is 7.71. The Hall–Kier alpha value is -1.99. The van der Waals surface area contributed by atoms with Crippen LogP contribution in [-0.4, -0.2) is 43.8 Å². The SMILES string of the molecule is Cc1cc(C(=O)NC2(C(=O)O)CCSCC2)nn1-c1cccc(Cl)c1. The van der Waals surface area contributed by atoms with Gasteiger partial charge in [-0.25, -0.2) is 9.48 Å². The highest BCUT2D eigenvalue weighted by Crippen LogP contribution is 2.28. The van der Waals surface area contributed by atoms with Gasteiger partial charge in [-0.2, -0.15) is 16.9 Å². The predicted octanol–water partition coefficient (Wildman–Crippen LogP) is 2.91. The molecule has 2 N–H and O–H groups in total. The van der Waals surface area contributed by atoms with Gasteiger partial charge in [0.1, 0.15) is 5.54 Å². The number of aryl methyl sites for hydroxylation is 1. The maximum Gasteiger partial charge on any atom is 0.329 e. The molecule has 2 heterocycles. The lowest BCUT2D eigenvalue weighted by Crippen LogP contribution is -2.56. The first-order valence-electron chi connectivity index (χ1n) is 7.87. The van der Waals surface area contributed by atoms with E-state index >= 15 is 0 Å². The number of rotatable bonds is 4. The first-order valence-corrected chi connectivity index (χ1v) is 9.41. The standard InChI is InChI=1S/C17H18ClN3O3S/c1-11-9-14(20-21(11)13-4-2-3-12(18)10-13)15(22)19-17(16(23)24)5-7-25-8-6-17/h2-4,9-10H,5-8H2,1H3,(H,19,22)(H,23,24). The van der Waals surface area contributed by atoms with Crippen LogP contribution in [0.4, 0.5) is 0 Å². The van der Waals surface area contributed by atoms with Crippen molar-refractivity contribution in [1.29, 1.82) is 0 Å². The van der Waals surface area contributed by atoms with E-state index in [0.717, 1.165) is 11.4 Å². The van der Waals surface area contributed by atoms with Crippen LogP contribution >= 0.6 is 23.4 Å². The van der Waals surface area contributed by atoms with Crippen molar-refractivity contribution in [1.82, 2.24) is 15.1 Å².